The third kappa shape index (κ3) is 3.89. The van der Waals surface area contributed by atoms with Gasteiger partial charge in [-0.3, -0.25) is 4.79 Å². The Morgan fingerprint density at radius 3 is 2.62 bits per heavy atom. The number of benzene rings is 2. The van der Waals surface area contributed by atoms with E-state index in [4.69, 9.17) is 4.74 Å². The first-order valence-electron chi connectivity index (χ1n) is 7.59. The number of halogens is 1. The molecule has 0 atom stereocenters. The number of nitrogens with one attached hydrogen (secondary N) is 1. The summed E-state index contributed by atoms with van der Waals surface area (Å²) >= 11 is 3.36. The number of fused-ring (bicyclic) bond motifs is 1. The Bertz CT molecular complexity index is 866. The number of ether oxygens (including phenoxy) is 1. The van der Waals surface area contributed by atoms with Crippen LogP contribution in [0.3, 0.4) is 0 Å². The van der Waals surface area contributed by atoms with Crippen LogP contribution in [0.1, 0.15) is 12.7 Å². The van der Waals surface area contributed by atoms with Gasteiger partial charge in [-0.25, -0.2) is 4.98 Å². The van der Waals surface area contributed by atoms with Gasteiger partial charge in [-0.15, -0.1) is 0 Å². The maximum absolute atomic E-state index is 12.1. The van der Waals surface area contributed by atoms with Gasteiger partial charge in [0.25, 0.3) is 5.91 Å². The van der Waals surface area contributed by atoms with Gasteiger partial charge in [0.2, 0.25) is 5.88 Å². The van der Waals surface area contributed by atoms with Gasteiger partial charge in [-0.1, -0.05) is 35.0 Å². The van der Waals surface area contributed by atoms with Crippen LogP contribution in [0.2, 0.25) is 0 Å². The Hall–Kier alpha value is -2.47. The number of nitrogens with zero attached hydrogens (tertiary/aromatic N) is 2. The molecule has 0 unspecified atom stereocenters. The van der Waals surface area contributed by atoms with Gasteiger partial charge in [0, 0.05) is 16.6 Å². The van der Waals surface area contributed by atoms with E-state index in [1.807, 2.05) is 55.5 Å². The highest BCUT2D eigenvalue weighted by atomic mass is 79.9. The average molecular weight is 386 g/mol. The summed E-state index contributed by atoms with van der Waals surface area (Å²) in [6.45, 7) is 1.87. The summed E-state index contributed by atoms with van der Waals surface area (Å²) in [5.74, 6) is 0.887. The van der Waals surface area contributed by atoms with E-state index >= 15 is 0 Å². The summed E-state index contributed by atoms with van der Waals surface area (Å²) < 4.78 is 6.60. The summed E-state index contributed by atoms with van der Waals surface area (Å²) in [7, 11) is 0. The van der Waals surface area contributed by atoms with E-state index in [2.05, 4.69) is 31.2 Å². The van der Waals surface area contributed by atoms with Crippen LogP contribution >= 0.6 is 15.9 Å². The van der Waals surface area contributed by atoms with E-state index in [0.717, 1.165) is 15.4 Å². The largest absolute Gasteiger partial charge is 0.467 e. The third-order valence-electron chi connectivity index (χ3n) is 3.40. The number of hydrogen-bond acceptors (Lipinski definition) is 4. The van der Waals surface area contributed by atoms with Crippen molar-refractivity contribution in [1.82, 2.24) is 9.97 Å². The van der Waals surface area contributed by atoms with Gasteiger partial charge in [0.15, 0.2) is 6.61 Å². The number of anilines is 1. The Morgan fingerprint density at radius 2 is 1.88 bits per heavy atom. The molecule has 0 saturated carbocycles. The van der Waals surface area contributed by atoms with E-state index in [1.54, 1.807) is 0 Å². The molecule has 5 nitrogen and oxygen atoms in total. The van der Waals surface area contributed by atoms with Gasteiger partial charge >= 0.3 is 0 Å². The molecule has 1 aromatic heterocycles. The standard InChI is InChI=1S/C18H16BrN3O2/c1-2-16-21-15-6-4-3-5-14(15)18(22-16)24-11-17(23)20-13-9-7-12(19)8-10-13/h3-10H,2,11H2,1H3,(H,20,23). The van der Waals surface area contributed by atoms with Crippen molar-refractivity contribution < 1.29 is 9.53 Å². The second-order valence-electron chi connectivity index (χ2n) is 5.16. The average Bonchev–Trinajstić information content (AvgIpc) is 2.61. The molecule has 122 valence electrons. The number of aromatic nitrogens is 2. The molecule has 6 heteroatoms. The van der Waals surface area contributed by atoms with E-state index in [1.165, 1.54) is 0 Å². The topological polar surface area (TPSA) is 64.1 Å². The predicted octanol–water partition coefficient (Wildman–Crippen LogP) is 3.97. The minimum atomic E-state index is -0.238. The van der Waals surface area contributed by atoms with Gasteiger partial charge in [-0.05, 0) is 36.4 Å². The monoisotopic (exact) mass is 385 g/mol. The summed E-state index contributed by atoms with van der Waals surface area (Å²) in [6, 6.07) is 15.0. The number of carbonyl (C=O) groups is 1. The summed E-state index contributed by atoms with van der Waals surface area (Å²) in [6.07, 6.45) is 0.701. The number of hydrogen-bond donors (Lipinski definition) is 1. The normalized spacial score (nSPS) is 10.6. The van der Waals surface area contributed by atoms with Crippen LogP contribution in [-0.2, 0) is 11.2 Å². The quantitative estimate of drug-likeness (QED) is 0.721. The van der Waals surface area contributed by atoms with Crippen molar-refractivity contribution in [3.8, 4) is 5.88 Å². The van der Waals surface area contributed by atoms with Crippen LogP contribution in [0.4, 0.5) is 5.69 Å². The molecule has 0 radical (unpaired) electrons. The maximum atomic E-state index is 12.1. The van der Waals surface area contributed by atoms with Crippen molar-refractivity contribution in [3.63, 3.8) is 0 Å². The molecular weight excluding hydrogens is 370 g/mol. The first-order chi connectivity index (χ1) is 11.7. The molecule has 0 aliphatic carbocycles. The molecule has 2 aromatic carbocycles. The van der Waals surface area contributed by atoms with Crippen LogP contribution < -0.4 is 10.1 Å². The first kappa shape index (κ1) is 16.4. The zero-order chi connectivity index (χ0) is 16.9. The smallest absolute Gasteiger partial charge is 0.262 e. The van der Waals surface area contributed by atoms with E-state index < -0.39 is 0 Å². The highest BCUT2D eigenvalue weighted by Gasteiger charge is 2.10. The van der Waals surface area contributed by atoms with Crippen molar-refractivity contribution >= 4 is 38.4 Å². The van der Waals surface area contributed by atoms with E-state index in [9.17, 15) is 4.79 Å². The fourth-order valence-corrected chi connectivity index (χ4v) is 2.49. The van der Waals surface area contributed by atoms with E-state index in [0.29, 0.717) is 23.8 Å². The molecule has 0 saturated heterocycles. The number of amides is 1. The van der Waals surface area contributed by atoms with Crippen LogP contribution in [0, 0.1) is 0 Å². The van der Waals surface area contributed by atoms with Crippen LogP contribution in [0.5, 0.6) is 5.88 Å². The molecule has 1 heterocycles. The second-order valence-corrected chi connectivity index (χ2v) is 6.08. The van der Waals surface area contributed by atoms with Gasteiger partial charge in [0.05, 0.1) is 10.9 Å². The lowest BCUT2D eigenvalue weighted by atomic mass is 10.2. The Kier molecular flexibility index (Phi) is 5.05. The minimum Gasteiger partial charge on any atom is -0.467 e. The molecule has 0 bridgehead atoms. The molecule has 3 aromatic rings. The molecule has 24 heavy (non-hydrogen) atoms. The molecule has 3 rings (SSSR count). The maximum Gasteiger partial charge on any atom is 0.262 e. The number of carbonyl (C=O) groups excluding carboxylic acids is 1. The molecule has 1 N–H and O–H groups in total. The fourth-order valence-electron chi connectivity index (χ4n) is 2.23. The lowest BCUT2D eigenvalue weighted by molar-refractivity contribution is -0.118. The summed E-state index contributed by atoms with van der Waals surface area (Å²) in [5.41, 5.74) is 1.53. The van der Waals surface area contributed by atoms with Gasteiger partial charge in [-0.2, -0.15) is 4.98 Å². The van der Waals surface area contributed by atoms with Crippen LogP contribution in [-0.4, -0.2) is 22.5 Å². The second kappa shape index (κ2) is 7.40. The zero-order valence-electron chi connectivity index (χ0n) is 13.1. The van der Waals surface area contributed by atoms with Crippen LogP contribution in [0.25, 0.3) is 10.9 Å². The highest BCUT2D eigenvalue weighted by molar-refractivity contribution is 9.10. The Labute approximate surface area is 148 Å². The van der Waals surface area contributed by atoms with Crippen LogP contribution in [0.15, 0.2) is 53.0 Å². The Morgan fingerprint density at radius 1 is 1.12 bits per heavy atom. The molecule has 0 spiro atoms. The number of para-hydroxylation sites is 1. The fraction of sp³-hybridized carbons (Fsp3) is 0.167. The van der Waals surface area contributed by atoms with Gasteiger partial charge < -0.3 is 10.1 Å². The first-order valence-corrected chi connectivity index (χ1v) is 8.39. The van der Waals surface area contributed by atoms with Crippen molar-refractivity contribution in [2.24, 2.45) is 0 Å². The molecule has 0 aliphatic rings. The van der Waals surface area contributed by atoms with E-state index in [-0.39, 0.29) is 12.5 Å². The molecule has 0 fully saturated rings. The number of rotatable bonds is 5. The Balaban J connectivity index is 1.73. The lowest BCUT2D eigenvalue weighted by Crippen LogP contribution is -2.20. The summed E-state index contributed by atoms with van der Waals surface area (Å²) in [5, 5.41) is 3.59. The van der Waals surface area contributed by atoms with Crippen molar-refractivity contribution in [3.05, 3.63) is 58.8 Å². The minimum absolute atomic E-state index is 0.111. The molecule has 1 amide bonds. The summed E-state index contributed by atoms with van der Waals surface area (Å²) in [4.78, 5) is 20.9. The molecular formula is C18H16BrN3O2. The van der Waals surface area contributed by atoms with Gasteiger partial charge in [0.1, 0.15) is 5.82 Å². The zero-order valence-corrected chi connectivity index (χ0v) is 14.7. The van der Waals surface area contributed by atoms with Crippen molar-refractivity contribution in [1.29, 1.82) is 0 Å². The highest BCUT2D eigenvalue weighted by Crippen LogP contribution is 2.22. The molecule has 0 aliphatic heterocycles. The number of aryl methyl sites for hydroxylation is 1. The third-order valence-corrected chi connectivity index (χ3v) is 3.93. The van der Waals surface area contributed by atoms with Crippen molar-refractivity contribution in [2.45, 2.75) is 13.3 Å². The lowest BCUT2D eigenvalue weighted by Gasteiger charge is -2.10. The van der Waals surface area contributed by atoms with Crippen molar-refractivity contribution in [2.75, 3.05) is 11.9 Å². The SMILES string of the molecule is CCc1nc(OCC(=O)Nc2ccc(Br)cc2)c2ccccc2n1. The predicted molar refractivity (Wildman–Crippen MR) is 97.2 cm³/mol.